The fourth-order valence-corrected chi connectivity index (χ4v) is 10.0. The quantitative estimate of drug-likeness (QED) is 0.163. The van der Waals surface area contributed by atoms with Crippen LogP contribution in [0.5, 0.6) is 0 Å². The number of aryl methyl sites for hydroxylation is 1. The van der Waals surface area contributed by atoms with E-state index in [0.717, 1.165) is 25.9 Å². The highest BCUT2D eigenvalue weighted by atomic mass is 35.5. The van der Waals surface area contributed by atoms with E-state index in [9.17, 15) is 27.7 Å². The summed E-state index contributed by atoms with van der Waals surface area (Å²) >= 11 is 7.71. The van der Waals surface area contributed by atoms with Crippen LogP contribution in [0.1, 0.15) is 59.9 Å². The molecule has 59 heavy (non-hydrogen) atoms. The van der Waals surface area contributed by atoms with E-state index >= 15 is 0 Å². The Hall–Kier alpha value is -5.78. The van der Waals surface area contributed by atoms with Crippen LogP contribution in [0.25, 0.3) is 32.2 Å². The number of anilines is 1. The fourth-order valence-electron chi connectivity index (χ4n) is 7.89. The van der Waals surface area contributed by atoms with Gasteiger partial charge < -0.3 is 9.80 Å². The van der Waals surface area contributed by atoms with Gasteiger partial charge in [-0.1, -0.05) is 29.5 Å². The zero-order chi connectivity index (χ0) is 41.4. The Bertz CT molecular complexity index is 2890. The van der Waals surface area contributed by atoms with E-state index in [-0.39, 0.29) is 34.1 Å². The highest BCUT2D eigenvalue weighted by molar-refractivity contribution is 7.90. The Morgan fingerprint density at radius 2 is 1.90 bits per heavy atom. The number of rotatable bonds is 9. The first-order valence-electron chi connectivity index (χ1n) is 19.1. The number of hydrogen-bond donors (Lipinski definition) is 1. The number of alkyl halides is 1. The first-order chi connectivity index (χ1) is 28.5. The molecule has 0 atom stereocenters. The molecular formula is C42H37ClFN9O4S2. The van der Waals surface area contributed by atoms with Crippen molar-refractivity contribution in [1.29, 1.82) is 5.26 Å². The molecular weight excluding hydrogens is 813 g/mol. The number of aromatic nitrogens is 5. The summed E-state index contributed by atoms with van der Waals surface area (Å²) in [6, 6.07) is 14.0. The van der Waals surface area contributed by atoms with Crippen molar-refractivity contribution >= 4 is 65.8 Å². The molecule has 300 valence electrons. The molecule has 0 unspecified atom stereocenters. The number of nitriles is 1. The van der Waals surface area contributed by atoms with Crippen LogP contribution in [0.3, 0.4) is 0 Å². The maximum absolute atomic E-state index is 14.2. The summed E-state index contributed by atoms with van der Waals surface area (Å²) in [6.07, 6.45) is 6.56. The number of likely N-dealkylation sites (tertiary alicyclic amines) is 1. The second-order valence-corrected chi connectivity index (χ2v) is 17.4. The zero-order valence-electron chi connectivity index (χ0n) is 32.0. The maximum atomic E-state index is 14.2. The van der Waals surface area contributed by atoms with Crippen LogP contribution in [-0.2, 0) is 16.6 Å². The number of pyridine rings is 3. The Balaban J connectivity index is 1.08. The highest BCUT2D eigenvalue weighted by Crippen LogP contribution is 2.37. The highest BCUT2D eigenvalue weighted by Gasteiger charge is 2.37. The molecule has 8 rings (SSSR count). The molecule has 0 bridgehead atoms. The monoisotopic (exact) mass is 849 g/mol. The number of hydrogen-bond acceptors (Lipinski definition) is 12. The summed E-state index contributed by atoms with van der Waals surface area (Å²) < 4.78 is 43.4. The van der Waals surface area contributed by atoms with Gasteiger partial charge in [0.05, 0.1) is 39.4 Å². The first kappa shape index (κ1) is 40.0. The summed E-state index contributed by atoms with van der Waals surface area (Å²) in [7, 11) is -4.23. The van der Waals surface area contributed by atoms with Crippen molar-refractivity contribution in [2.24, 2.45) is 0 Å². The summed E-state index contributed by atoms with van der Waals surface area (Å²) in [5, 5.41) is 12.4. The lowest BCUT2D eigenvalue weighted by molar-refractivity contribution is 0.0379. The molecule has 0 spiro atoms. The number of nitrogens with zero attached hydrogens (tertiary/aromatic N) is 8. The Morgan fingerprint density at radius 1 is 1.10 bits per heavy atom. The lowest BCUT2D eigenvalue weighted by Crippen LogP contribution is -2.52. The zero-order valence-corrected chi connectivity index (χ0v) is 34.4. The summed E-state index contributed by atoms with van der Waals surface area (Å²) in [5.41, 5.74) is 2.35. The van der Waals surface area contributed by atoms with Gasteiger partial charge in [-0.3, -0.25) is 19.1 Å². The standard InChI is InChI=1S/C42H37ClFN9O4S2/c1-3-52(29-12-17-51(18-13-29)30-20-28(44)21-30)40-33(22-45)37-35(23-48-40)49-25(2)53(42(37)55)16-6-7-26-9-10-27(43)19-32(26)31-11-15-47-38-34(24-58-39(31)38)41(54)50-59(56,57)36-8-4-5-14-46-36/h4-5,8-11,14-15,19,23-24,28-30H,3,12-13,16-18,20-21H2,1-2H3,(H,50,54). The van der Waals surface area contributed by atoms with Crippen LogP contribution in [0, 0.1) is 30.1 Å². The van der Waals surface area contributed by atoms with Crippen molar-refractivity contribution in [1.82, 2.24) is 34.1 Å². The third-order valence-corrected chi connectivity index (χ3v) is 13.5. The number of thiophene rings is 1. The van der Waals surface area contributed by atoms with Gasteiger partial charge in [0.1, 0.15) is 29.4 Å². The van der Waals surface area contributed by atoms with E-state index in [4.69, 9.17) is 11.6 Å². The van der Waals surface area contributed by atoms with Crippen molar-refractivity contribution in [2.45, 2.75) is 69.4 Å². The minimum Gasteiger partial charge on any atom is -0.353 e. The van der Waals surface area contributed by atoms with Gasteiger partial charge in [-0.25, -0.2) is 24.1 Å². The molecule has 1 N–H and O–H groups in total. The van der Waals surface area contributed by atoms with Gasteiger partial charge >= 0.3 is 0 Å². The number of fused-ring (bicyclic) bond motifs is 2. The fraction of sp³-hybridized carbons (Fsp3) is 0.310. The van der Waals surface area contributed by atoms with E-state index < -0.39 is 27.7 Å². The van der Waals surface area contributed by atoms with Crippen LogP contribution in [0.2, 0.25) is 5.02 Å². The topological polar surface area (TPSA) is 167 Å². The van der Waals surface area contributed by atoms with E-state index in [0.29, 0.717) is 74.5 Å². The predicted molar refractivity (Wildman–Crippen MR) is 225 cm³/mol. The molecule has 1 amide bonds. The van der Waals surface area contributed by atoms with Gasteiger partial charge in [-0.05, 0) is 75.9 Å². The lowest BCUT2D eigenvalue weighted by Gasteiger charge is -2.45. The number of nitrogens with one attached hydrogen (secondary N) is 1. The SMILES string of the molecule is CCN(c1ncc2nc(C)n(CC#Cc3ccc(Cl)cc3-c3ccnc4c(C(=O)NS(=O)(=O)c5ccccn5)csc34)c(=O)c2c1C#N)C1CCN(C2CC(F)C2)CC1. The van der Waals surface area contributed by atoms with Crippen molar-refractivity contribution in [3.05, 3.63) is 104 Å². The Kier molecular flexibility index (Phi) is 11.2. The Morgan fingerprint density at radius 3 is 2.61 bits per heavy atom. The van der Waals surface area contributed by atoms with Crippen LogP contribution >= 0.6 is 22.9 Å². The third-order valence-electron chi connectivity index (χ3n) is 11.0. The molecule has 6 aromatic rings. The lowest BCUT2D eigenvalue weighted by atomic mass is 9.87. The second kappa shape index (κ2) is 16.5. The van der Waals surface area contributed by atoms with Gasteiger partial charge in [-0.15, -0.1) is 11.3 Å². The molecule has 1 aromatic carbocycles. The maximum Gasteiger partial charge on any atom is 0.281 e. The van der Waals surface area contributed by atoms with Crippen LogP contribution in [0.15, 0.2) is 76.3 Å². The van der Waals surface area contributed by atoms with Crippen LogP contribution < -0.4 is 15.2 Å². The molecule has 6 heterocycles. The van der Waals surface area contributed by atoms with Gasteiger partial charge in [0.25, 0.3) is 21.5 Å². The molecule has 2 aliphatic rings. The number of carbonyl (C=O) groups is 1. The smallest absolute Gasteiger partial charge is 0.281 e. The average molecular weight is 850 g/mol. The summed E-state index contributed by atoms with van der Waals surface area (Å²) in [4.78, 5) is 49.5. The van der Waals surface area contributed by atoms with E-state index in [1.54, 1.807) is 48.8 Å². The minimum absolute atomic E-state index is 0.0329. The molecule has 17 heteroatoms. The van der Waals surface area contributed by atoms with Crippen LogP contribution in [-0.4, -0.2) is 81.6 Å². The van der Waals surface area contributed by atoms with Gasteiger partial charge in [0.2, 0.25) is 0 Å². The molecule has 1 saturated carbocycles. The largest absolute Gasteiger partial charge is 0.353 e. The Labute approximate surface area is 348 Å². The van der Waals surface area contributed by atoms with Crippen molar-refractivity contribution < 1.29 is 17.6 Å². The van der Waals surface area contributed by atoms with Crippen molar-refractivity contribution in [3.8, 4) is 29.0 Å². The number of benzene rings is 1. The molecule has 5 aromatic heterocycles. The van der Waals surface area contributed by atoms with E-state index in [2.05, 4.69) is 52.4 Å². The van der Waals surface area contributed by atoms with Crippen LogP contribution in [0.4, 0.5) is 10.2 Å². The average Bonchev–Trinajstić information content (AvgIpc) is 3.67. The number of halogens is 2. The number of sulfonamides is 1. The number of amides is 1. The minimum atomic E-state index is -4.23. The number of piperidine rings is 1. The molecule has 1 aliphatic carbocycles. The molecule has 13 nitrogen and oxygen atoms in total. The predicted octanol–water partition coefficient (Wildman–Crippen LogP) is 6.26. The van der Waals surface area contributed by atoms with Gasteiger partial charge in [0, 0.05) is 71.2 Å². The first-order valence-corrected chi connectivity index (χ1v) is 21.8. The molecule has 2 fully saturated rings. The number of carbonyl (C=O) groups excluding carboxylic acids is 1. The van der Waals surface area contributed by atoms with Gasteiger partial charge in [-0.2, -0.15) is 13.7 Å². The molecule has 1 saturated heterocycles. The van der Waals surface area contributed by atoms with E-state index in [1.165, 1.54) is 40.4 Å². The summed E-state index contributed by atoms with van der Waals surface area (Å²) in [6.45, 7) is 5.95. The third kappa shape index (κ3) is 7.77. The summed E-state index contributed by atoms with van der Waals surface area (Å²) in [5.74, 6) is 6.30. The van der Waals surface area contributed by atoms with Gasteiger partial charge in [0.15, 0.2) is 5.03 Å². The van der Waals surface area contributed by atoms with E-state index in [1.807, 2.05) is 6.92 Å². The molecule has 0 radical (unpaired) electrons. The second-order valence-electron chi connectivity index (χ2n) is 14.4. The van der Waals surface area contributed by atoms with Crippen molar-refractivity contribution in [2.75, 3.05) is 24.5 Å². The normalized spacial score (nSPS) is 17.2. The van der Waals surface area contributed by atoms with Crippen molar-refractivity contribution in [3.63, 3.8) is 0 Å². The molecule has 1 aliphatic heterocycles.